The topological polar surface area (TPSA) is 195 Å². The average molecular weight is 1280 g/mol. The van der Waals surface area contributed by atoms with Crippen LogP contribution in [0.3, 0.4) is 0 Å². The summed E-state index contributed by atoms with van der Waals surface area (Å²) in [5.74, 6) is 3.77. The highest BCUT2D eigenvalue weighted by Gasteiger charge is 2.21. The Morgan fingerprint density at radius 2 is 0.543 bits per heavy atom. The Morgan fingerprint density at radius 3 is 0.798 bits per heavy atom. The van der Waals surface area contributed by atoms with Crippen LogP contribution in [0.5, 0.6) is 23.0 Å². The molecule has 0 aliphatic heterocycles. The zero-order chi connectivity index (χ0) is 67.2. The lowest BCUT2D eigenvalue weighted by Crippen LogP contribution is -2.23. The third-order valence-corrected chi connectivity index (χ3v) is 17.0. The molecule has 0 aliphatic rings. The molecule has 0 fully saturated rings. The summed E-state index contributed by atoms with van der Waals surface area (Å²) in [7, 11) is 0. The summed E-state index contributed by atoms with van der Waals surface area (Å²) in [6, 6.07) is 34.8. The second kappa shape index (κ2) is 39.3. The van der Waals surface area contributed by atoms with Gasteiger partial charge in [-0.3, -0.25) is 0 Å². The molecule has 0 radical (unpaired) electrons. The molecular weight excluding hydrogens is 1170 g/mol. The van der Waals surface area contributed by atoms with E-state index < -0.39 is 12.2 Å². The maximum Gasteiger partial charge on any atom is 0.167 e. The number of phenols is 2. The van der Waals surface area contributed by atoms with E-state index >= 15 is 0 Å². The number of aromatic hydroxyl groups is 2. The molecule has 2 aromatic heterocycles. The Balaban J connectivity index is 0.000000266. The fourth-order valence-corrected chi connectivity index (χ4v) is 11.6. The van der Waals surface area contributed by atoms with Gasteiger partial charge in [0.2, 0.25) is 0 Å². The van der Waals surface area contributed by atoms with Crippen molar-refractivity contribution in [2.45, 2.75) is 210 Å². The molecule has 2 atom stereocenters. The van der Waals surface area contributed by atoms with Crippen LogP contribution in [0.25, 0.3) is 68.3 Å². The summed E-state index contributed by atoms with van der Waals surface area (Å²) >= 11 is 0. The van der Waals surface area contributed by atoms with Gasteiger partial charge in [-0.2, -0.15) is 0 Å². The molecule has 0 amide bonds. The van der Waals surface area contributed by atoms with E-state index in [-0.39, 0.29) is 37.9 Å². The number of ether oxygens (including phenoxy) is 4. The van der Waals surface area contributed by atoms with Crippen LogP contribution in [0.2, 0.25) is 0 Å². The van der Waals surface area contributed by atoms with E-state index in [0.717, 1.165) is 92.4 Å². The van der Waals surface area contributed by atoms with Crippen molar-refractivity contribution < 1.29 is 39.4 Å². The van der Waals surface area contributed by atoms with E-state index in [1.807, 2.05) is 76.2 Å². The van der Waals surface area contributed by atoms with E-state index in [9.17, 15) is 20.4 Å². The van der Waals surface area contributed by atoms with Gasteiger partial charge in [-0.1, -0.05) is 224 Å². The summed E-state index contributed by atoms with van der Waals surface area (Å²) in [5, 5.41) is 42.9. The highest BCUT2D eigenvalue weighted by Crippen LogP contribution is 2.37. The molecule has 14 nitrogen and oxygen atoms in total. The molecular formula is C80H106N6O8. The second-order valence-electron chi connectivity index (χ2n) is 25.7. The molecule has 94 heavy (non-hydrogen) atoms. The lowest BCUT2D eigenvalue weighted by atomic mass is 10.0. The fourth-order valence-electron chi connectivity index (χ4n) is 11.6. The molecule has 0 aliphatic carbocycles. The van der Waals surface area contributed by atoms with Crippen LogP contribution in [-0.2, 0) is 9.47 Å². The minimum Gasteiger partial charge on any atom is -0.507 e. The number of phenolic OH excluding ortho intramolecular Hbond substituents is 2. The van der Waals surface area contributed by atoms with Crippen LogP contribution < -0.4 is 9.47 Å². The number of unbranched alkanes of at least 4 members (excludes halogenated alkanes) is 18. The zero-order valence-electron chi connectivity index (χ0n) is 58.0. The first kappa shape index (κ1) is 73.8. The fraction of sp³-hybridized carbons (Fsp3) is 0.475. The Bertz CT molecular complexity index is 3240. The van der Waals surface area contributed by atoms with Crippen molar-refractivity contribution >= 4 is 0 Å². The van der Waals surface area contributed by atoms with Crippen molar-refractivity contribution in [3.8, 4) is 91.3 Å². The Morgan fingerprint density at radius 1 is 0.298 bits per heavy atom. The van der Waals surface area contributed by atoms with E-state index in [2.05, 4.69) is 65.8 Å². The normalized spacial score (nSPS) is 12.0. The summed E-state index contributed by atoms with van der Waals surface area (Å²) < 4.78 is 22.9. The van der Waals surface area contributed by atoms with Gasteiger partial charge in [0.05, 0.1) is 24.3 Å². The number of aliphatic hydroxyl groups excluding tert-OH is 2. The molecule has 504 valence electrons. The molecule has 0 bridgehead atoms. The van der Waals surface area contributed by atoms with Gasteiger partial charge in [-0.15, -0.1) is 0 Å². The summed E-state index contributed by atoms with van der Waals surface area (Å²) in [5.41, 5.74) is 13.5. The van der Waals surface area contributed by atoms with Gasteiger partial charge in [0.25, 0.3) is 0 Å². The third-order valence-electron chi connectivity index (χ3n) is 17.0. The predicted octanol–water partition coefficient (Wildman–Crippen LogP) is 19.0. The first-order chi connectivity index (χ1) is 45.5. The average Bonchev–Trinajstić information content (AvgIpc) is 0.796. The van der Waals surface area contributed by atoms with E-state index in [0.29, 0.717) is 70.8 Å². The SMILES string of the molecule is CCCCCCCCCCCCOCC(O)COc1ccc(-c2nc(-c3ccc(C)cc3C)nc(-c3ccc(C)cc3C)n2)c(O)c1.CCCCCCCCCCCCOCC(O)COc1ccc(-c2nc(-c3ccc(C)cc3C)nc(-c3ccc(C)cc3C)n2)c(O)c1. The maximum atomic E-state index is 11.1. The molecule has 8 rings (SSSR count). The second-order valence-corrected chi connectivity index (χ2v) is 25.7. The number of nitrogens with zero attached hydrogens (tertiary/aromatic N) is 6. The first-order valence-electron chi connectivity index (χ1n) is 34.8. The number of hydrogen-bond acceptors (Lipinski definition) is 14. The van der Waals surface area contributed by atoms with Gasteiger partial charge in [0, 0.05) is 47.6 Å². The number of aliphatic hydroxyl groups is 2. The number of hydrogen-bond donors (Lipinski definition) is 4. The van der Waals surface area contributed by atoms with E-state index in [4.69, 9.17) is 48.9 Å². The molecule has 14 heteroatoms. The Hall–Kier alpha value is -7.62. The molecule has 6 aromatic carbocycles. The van der Waals surface area contributed by atoms with Crippen LogP contribution in [-0.4, -0.2) is 102 Å². The standard InChI is InChI=1S/2C40H53N3O4/c2*1-6-7-8-9-10-11-12-13-14-15-22-46-26-32(44)27-47-33-18-21-36(37(45)25-33)40-42-38(34-19-16-28(2)23-30(34)4)41-39(43-40)35-20-17-29(3)24-31(35)5/h2*16-21,23-25,32,44-45H,6-15,22,26-27H2,1-5H3. The maximum absolute atomic E-state index is 11.1. The summed E-state index contributed by atoms with van der Waals surface area (Å²) in [4.78, 5) is 29.0. The van der Waals surface area contributed by atoms with E-state index in [1.165, 1.54) is 115 Å². The number of aryl methyl sites for hydroxylation is 8. The number of benzene rings is 6. The molecule has 2 unspecified atom stereocenters. The third kappa shape index (κ3) is 24.0. The first-order valence-corrected chi connectivity index (χ1v) is 34.8. The van der Waals surface area contributed by atoms with Gasteiger partial charge in [0.15, 0.2) is 34.9 Å². The molecule has 4 N–H and O–H groups in total. The monoisotopic (exact) mass is 1280 g/mol. The highest BCUT2D eigenvalue weighted by atomic mass is 16.5. The minimum atomic E-state index is -0.760. The van der Waals surface area contributed by atoms with Gasteiger partial charge in [0.1, 0.15) is 48.4 Å². The molecule has 0 saturated carbocycles. The Labute approximate surface area is 561 Å². The van der Waals surface area contributed by atoms with Gasteiger partial charge in [-0.05, 0) is 115 Å². The minimum absolute atomic E-state index is 0.0152. The van der Waals surface area contributed by atoms with Crippen LogP contribution in [0.15, 0.2) is 109 Å². The van der Waals surface area contributed by atoms with Crippen molar-refractivity contribution in [3.63, 3.8) is 0 Å². The smallest absolute Gasteiger partial charge is 0.167 e. The summed E-state index contributed by atoms with van der Waals surface area (Å²) in [6.07, 6.45) is 24.0. The van der Waals surface area contributed by atoms with Gasteiger partial charge >= 0.3 is 0 Å². The number of aromatic nitrogens is 6. The van der Waals surface area contributed by atoms with Gasteiger partial charge in [-0.25, -0.2) is 29.9 Å². The lowest BCUT2D eigenvalue weighted by Gasteiger charge is -2.14. The van der Waals surface area contributed by atoms with Crippen molar-refractivity contribution in [1.82, 2.24) is 29.9 Å². The zero-order valence-corrected chi connectivity index (χ0v) is 58.0. The molecule has 0 spiro atoms. The Kier molecular flexibility index (Phi) is 30.8. The van der Waals surface area contributed by atoms with Crippen LogP contribution in [0.1, 0.15) is 187 Å². The largest absolute Gasteiger partial charge is 0.507 e. The highest BCUT2D eigenvalue weighted by molar-refractivity contribution is 5.74. The molecule has 0 saturated heterocycles. The number of rotatable bonds is 38. The van der Waals surface area contributed by atoms with E-state index in [1.54, 1.807) is 24.3 Å². The van der Waals surface area contributed by atoms with Crippen molar-refractivity contribution in [1.29, 1.82) is 0 Å². The van der Waals surface area contributed by atoms with Crippen molar-refractivity contribution in [2.24, 2.45) is 0 Å². The quantitative estimate of drug-likeness (QED) is 0.0267. The van der Waals surface area contributed by atoms with Crippen LogP contribution >= 0.6 is 0 Å². The van der Waals surface area contributed by atoms with Crippen molar-refractivity contribution in [2.75, 3.05) is 39.6 Å². The van der Waals surface area contributed by atoms with Crippen molar-refractivity contribution in [3.05, 3.63) is 154 Å². The molecule has 8 aromatic rings. The summed E-state index contributed by atoms with van der Waals surface area (Å²) in [6.45, 7) is 22.8. The predicted molar refractivity (Wildman–Crippen MR) is 382 cm³/mol. The van der Waals surface area contributed by atoms with Crippen LogP contribution in [0, 0.1) is 55.4 Å². The van der Waals surface area contributed by atoms with Gasteiger partial charge < -0.3 is 39.4 Å². The lowest BCUT2D eigenvalue weighted by molar-refractivity contribution is 0.0109. The molecule has 2 heterocycles. The van der Waals surface area contributed by atoms with Crippen LogP contribution in [0.4, 0.5) is 0 Å².